The molecule has 1 aromatic rings. The van der Waals surface area contributed by atoms with Crippen LogP contribution in [0.1, 0.15) is 11.1 Å². The second kappa shape index (κ2) is 5.75. The van der Waals surface area contributed by atoms with Gasteiger partial charge in [-0.3, -0.25) is 10.4 Å². The van der Waals surface area contributed by atoms with Crippen LogP contribution in [0.15, 0.2) is 24.3 Å². The minimum atomic E-state index is 0.672. The molecule has 0 spiro atoms. The summed E-state index contributed by atoms with van der Waals surface area (Å²) in [7, 11) is 5.69. The Morgan fingerprint density at radius 1 is 1.21 bits per heavy atom. The zero-order valence-corrected chi connectivity index (χ0v) is 9.08. The first-order valence-corrected chi connectivity index (χ1v) is 4.70. The molecular weight excluding hydrogens is 176 g/mol. The van der Waals surface area contributed by atoms with Crippen LogP contribution in [0.4, 0.5) is 0 Å². The quantitative estimate of drug-likeness (QED) is 0.717. The molecular formula is C11H18N2O. The van der Waals surface area contributed by atoms with Gasteiger partial charge in [-0.05, 0) is 11.1 Å². The third kappa shape index (κ3) is 3.46. The van der Waals surface area contributed by atoms with Crippen molar-refractivity contribution in [2.45, 2.75) is 13.2 Å². The Balaban J connectivity index is 2.64. The van der Waals surface area contributed by atoms with E-state index in [2.05, 4.69) is 17.6 Å². The van der Waals surface area contributed by atoms with E-state index >= 15 is 0 Å². The summed E-state index contributed by atoms with van der Waals surface area (Å²) in [6, 6.07) is 8.29. The van der Waals surface area contributed by atoms with Gasteiger partial charge in [-0.2, -0.15) is 0 Å². The molecule has 3 heteroatoms. The van der Waals surface area contributed by atoms with Crippen molar-refractivity contribution in [3.8, 4) is 0 Å². The standard InChI is InChI=1S/C11H18N2O/c1-13(2)12-8-10-6-4-5-7-11(10)9-14-3/h4-7,12H,8-9H2,1-3H3. The summed E-state index contributed by atoms with van der Waals surface area (Å²) >= 11 is 0. The van der Waals surface area contributed by atoms with Crippen molar-refractivity contribution in [1.29, 1.82) is 0 Å². The van der Waals surface area contributed by atoms with Gasteiger partial charge in [-0.25, -0.2) is 0 Å². The minimum Gasteiger partial charge on any atom is -0.380 e. The van der Waals surface area contributed by atoms with Gasteiger partial charge in [0.15, 0.2) is 0 Å². The molecule has 1 N–H and O–H groups in total. The molecule has 0 aromatic heterocycles. The maximum atomic E-state index is 5.13. The molecule has 14 heavy (non-hydrogen) atoms. The molecule has 0 aliphatic carbocycles. The number of hydrogen-bond acceptors (Lipinski definition) is 3. The Kier molecular flexibility index (Phi) is 4.59. The highest BCUT2D eigenvalue weighted by molar-refractivity contribution is 5.26. The predicted octanol–water partition coefficient (Wildman–Crippen LogP) is 1.40. The fourth-order valence-electron chi connectivity index (χ4n) is 1.27. The fourth-order valence-corrected chi connectivity index (χ4v) is 1.27. The Morgan fingerprint density at radius 3 is 2.43 bits per heavy atom. The lowest BCUT2D eigenvalue weighted by atomic mass is 10.1. The highest BCUT2D eigenvalue weighted by Crippen LogP contribution is 2.09. The summed E-state index contributed by atoms with van der Waals surface area (Å²) in [4.78, 5) is 0. The summed E-state index contributed by atoms with van der Waals surface area (Å²) in [6.07, 6.45) is 0. The van der Waals surface area contributed by atoms with E-state index in [9.17, 15) is 0 Å². The average molecular weight is 194 g/mol. The lowest BCUT2D eigenvalue weighted by Crippen LogP contribution is -2.30. The molecule has 1 rings (SSSR count). The smallest absolute Gasteiger partial charge is 0.0716 e. The third-order valence-corrected chi connectivity index (χ3v) is 2.00. The molecule has 0 saturated carbocycles. The number of methoxy groups -OCH3 is 1. The van der Waals surface area contributed by atoms with Crippen molar-refractivity contribution in [2.24, 2.45) is 0 Å². The van der Waals surface area contributed by atoms with Gasteiger partial charge in [-0.15, -0.1) is 0 Å². The SMILES string of the molecule is COCc1ccccc1CNN(C)C. The predicted molar refractivity (Wildman–Crippen MR) is 57.7 cm³/mol. The molecule has 3 nitrogen and oxygen atoms in total. The van der Waals surface area contributed by atoms with E-state index in [-0.39, 0.29) is 0 Å². The first-order valence-electron chi connectivity index (χ1n) is 4.70. The average Bonchev–Trinajstić information content (AvgIpc) is 2.17. The molecule has 0 saturated heterocycles. The largest absolute Gasteiger partial charge is 0.380 e. The molecule has 0 fully saturated rings. The fraction of sp³-hybridized carbons (Fsp3) is 0.455. The van der Waals surface area contributed by atoms with Crippen molar-refractivity contribution in [3.05, 3.63) is 35.4 Å². The maximum absolute atomic E-state index is 5.13. The second-order valence-corrected chi connectivity index (χ2v) is 3.43. The van der Waals surface area contributed by atoms with Crippen LogP contribution in [-0.4, -0.2) is 26.2 Å². The number of benzene rings is 1. The first-order chi connectivity index (χ1) is 6.74. The number of ether oxygens (including phenoxy) is 1. The van der Waals surface area contributed by atoms with Gasteiger partial charge in [0.1, 0.15) is 0 Å². The number of nitrogens with zero attached hydrogens (tertiary/aromatic N) is 1. The molecule has 0 aliphatic heterocycles. The number of nitrogens with one attached hydrogen (secondary N) is 1. The van der Waals surface area contributed by atoms with Crippen molar-refractivity contribution in [1.82, 2.24) is 10.4 Å². The lowest BCUT2D eigenvalue weighted by Gasteiger charge is -2.14. The van der Waals surface area contributed by atoms with Crippen LogP contribution in [0.3, 0.4) is 0 Å². The van der Waals surface area contributed by atoms with Gasteiger partial charge in [0.25, 0.3) is 0 Å². The van der Waals surface area contributed by atoms with Crippen LogP contribution in [0.2, 0.25) is 0 Å². The Labute approximate surface area is 85.6 Å². The van der Waals surface area contributed by atoms with E-state index < -0.39 is 0 Å². The number of rotatable bonds is 5. The van der Waals surface area contributed by atoms with E-state index in [0.717, 1.165) is 6.54 Å². The van der Waals surface area contributed by atoms with Crippen molar-refractivity contribution in [3.63, 3.8) is 0 Å². The van der Waals surface area contributed by atoms with Crippen LogP contribution in [0, 0.1) is 0 Å². The van der Waals surface area contributed by atoms with E-state index in [1.165, 1.54) is 11.1 Å². The second-order valence-electron chi connectivity index (χ2n) is 3.43. The van der Waals surface area contributed by atoms with Crippen molar-refractivity contribution >= 4 is 0 Å². The van der Waals surface area contributed by atoms with Gasteiger partial charge >= 0.3 is 0 Å². The Morgan fingerprint density at radius 2 is 1.86 bits per heavy atom. The summed E-state index contributed by atoms with van der Waals surface area (Å²) in [5, 5.41) is 1.95. The number of hydrazine groups is 1. The Bertz CT molecular complexity index is 274. The van der Waals surface area contributed by atoms with Crippen molar-refractivity contribution < 1.29 is 4.74 Å². The van der Waals surface area contributed by atoms with E-state index in [1.807, 2.05) is 31.2 Å². The van der Waals surface area contributed by atoms with Crippen molar-refractivity contribution in [2.75, 3.05) is 21.2 Å². The zero-order valence-electron chi connectivity index (χ0n) is 9.08. The first kappa shape index (κ1) is 11.2. The molecule has 0 aliphatic rings. The van der Waals surface area contributed by atoms with Crippen LogP contribution < -0.4 is 5.43 Å². The van der Waals surface area contributed by atoms with Gasteiger partial charge in [0.05, 0.1) is 6.61 Å². The Hall–Kier alpha value is -0.900. The van der Waals surface area contributed by atoms with E-state index in [0.29, 0.717) is 6.61 Å². The third-order valence-electron chi connectivity index (χ3n) is 2.00. The summed E-state index contributed by atoms with van der Waals surface area (Å²) < 4.78 is 5.13. The van der Waals surface area contributed by atoms with Gasteiger partial charge < -0.3 is 4.74 Å². The highest BCUT2D eigenvalue weighted by Gasteiger charge is 2.00. The normalized spacial score (nSPS) is 10.9. The summed E-state index contributed by atoms with van der Waals surface area (Å²) in [6.45, 7) is 1.51. The summed E-state index contributed by atoms with van der Waals surface area (Å²) in [5.41, 5.74) is 5.76. The molecule has 0 heterocycles. The van der Waals surface area contributed by atoms with Gasteiger partial charge in [0, 0.05) is 27.7 Å². The van der Waals surface area contributed by atoms with Crippen LogP contribution in [0.25, 0.3) is 0 Å². The molecule has 0 radical (unpaired) electrons. The monoisotopic (exact) mass is 194 g/mol. The summed E-state index contributed by atoms with van der Waals surface area (Å²) in [5.74, 6) is 0. The van der Waals surface area contributed by atoms with E-state index in [4.69, 9.17) is 4.74 Å². The van der Waals surface area contributed by atoms with Gasteiger partial charge in [0.2, 0.25) is 0 Å². The molecule has 0 unspecified atom stereocenters. The van der Waals surface area contributed by atoms with Crippen LogP contribution in [-0.2, 0) is 17.9 Å². The van der Waals surface area contributed by atoms with Crippen LogP contribution >= 0.6 is 0 Å². The number of hydrogen-bond donors (Lipinski definition) is 1. The lowest BCUT2D eigenvalue weighted by molar-refractivity contribution is 0.183. The van der Waals surface area contributed by atoms with Gasteiger partial charge in [-0.1, -0.05) is 24.3 Å². The molecule has 0 amide bonds. The maximum Gasteiger partial charge on any atom is 0.0716 e. The highest BCUT2D eigenvalue weighted by atomic mass is 16.5. The molecule has 0 atom stereocenters. The van der Waals surface area contributed by atoms with Crippen LogP contribution in [0.5, 0.6) is 0 Å². The molecule has 78 valence electrons. The zero-order chi connectivity index (χ0) is 10.4. The molecule has 1 aromatic carbocycles. The topological polar surface area (TPSA) is 24.5 Å². The van der Waals surface area contributed by atoms with E-state index in [1.54, 1.807) is 7.11 Å². The minimum absolute atomic E-state index is 0.672. The molecule has 0 bridgehead atoms.